The van der Waals surface area contributed by atoms with E-state index in [1.807, 2.05) is 60.8 Å². The predicted molar refractivity (Wildman–Crippen MR) is 114 cm³/mol. The number of nitrogens with one attached hydrogen (secondary N) is 2. The second-order valence-electron chi connectivity index (χ2n) is 7.54. The number of hydrogen-bond donors (Lipinski definition) is 2. The van der Waals surface area contributed by atoms with Crippen molar-refractivity contribution in [2.45, 2.75) is 25.4 Å². The average molecular weight is 404 g/mol. The number of imide groups is 1. The minimum atomic E-state index is -0.814. The Morgan fingerprint density at radius 3 is 2.60 bits per heavy atom. The fourth-order valence-corrected chi connectivity index (χ4v) is 3.77. The maximum absolute atomic E-state index is 12.7. The second-order valence-corrected chi connectivity index (χ2v) is 7.54. The highest BCUT2D eigenvalue weighted by atomic mass is 16.2. The van der Waals surface area contributed by atoms with Gasteiger partial charge in [-0.1, -0.05) is 48.5 Å². The number of carbonyl (C=O) groups excluding carboxylic acids is 3. The lowest BCUT2D eigenvalue weighted by Gasteiger charge is -2.19. The molecule has 3 aromatic rings. The molecule has 0 bridgehead atoms. The van der Waals surface area contributed by atoms with Gasteiger partial charge in [0.25, 0.3) is 5.91 Å². The third kappa shape index (κ3) is 4.05. The number of aromatic amines is 1. The molecule has 2 aromatic carbocycles. The van der Waals surface area contributed by atoms with Crippen molar-refractivity contribution < 1.29 is 14.4 Å². The Hall–Kier alpha value is -3.61. The molecule has 2 heterocycles. The quantitative estimate of drug-likeness (QED) is 0.594. The first-order valence-electron chi connectivity index (χ1n) is 9.97. The molecule has 1 saturated heterocycles. The number of aromatic nitrogens is 1. The standard InChI is InChI=1S/C23H24N4O3/c1-26(15-16-7-3-2-4-8-16)21(28)13-20-22(29)27(23(30)25-20)12-11-17-14-24-19-10-6-5-9-18(17)19/h2-10,14,20,24H,11-13,15H2,1H3,(H,25,30)/t20-/m1/s1. The summed E-state index contributed by atoms with van der Waals surface area (Å²) in [6, 6.07) is 16.3. The Kier molecular flexibility index (Phi) is 5.52. The zero-order valence-electron chi connectivity index (χ0n) is 16.8. The number of amides is 4. The molecule has 0 saturated carbocycles. The number of H-pyrrole nitrogens is 1. The molecule has 0 spiro atoms. The van der Waals surface area contributed by atoms with Crippen LogP contribution >= 0.6 is 0 Å². The van der Waals surface area contributed by atoms with E-state index in [0.717, 1.165) is 22.0 Å². The van der Waals surface area contributed by atoms with E-state index in [9.17, 15) is 14.4 Å². The van der Waals surface area contributed by atoms with E-state index in [4.69, 9.17) is 0 Å². The number of hydrogen-bond acceptors (Lipinski definition) is 3. The van der Waals surface area contributed by atoms with Crippen LogP contribution in [0.3, 0.4) is 0 Å². The van der Waals surface area contributed by atoms with Crippen molar-refractivity contribution in [2.24, 2.45) is 0 Å². The first kappa shape index (κ1) is 19.7. The fraction of sp³-hybridized carbons (Fsp3) is 0.261. The molecule has 4 amide bonds. The summed E-state index contributed by atoms with van der Waals surface area (Å²) in [5.74, 6) is -0.530. The number of rotatable bonds is 7. The Morgan fingerprint density at radius 2 is 1.80 bits per heavy atom. The Balaban J connectivity index is 1.34. The van der Waals surface area contributed by atoms with Gasteiger partial charge in [-0.15, -0.1) is 0 Å². The predicted octanol–water partition coefficient (Wildman–Crippen LogP) is 2.68. The Labute approximate surface area is 174 Å². The third-order valence-electron chi connectivity index (χ3n) is 5.45. The average Bonchev–Trinajstić information content (AvgIpc) is 3.28. The van der Waals surface area contributed by atoms with Gasteiger partial charge >= 0.3 is 6.03 Å². The van der Waals surface area contributed by atoms with E-state index in [2.05, 4.69) is 10.3 Å². The molecule has 7 nitrogen and oxygen atoms in total. The molecule has 7 heteroatoms. The van der Waals surface area contributed by atoms with Crippen molar-refractivity contribution >= 4 is 28.7 Å². The smallest absolute Gasteiger partial charge is 0.324 e. The zero-order valence-corrected chi connectivity index (χ0v) is 16.8. The van der Waals surface area contributed by atoms with Crippen molar-refractivity contribution in [1.82, 2.24) is 20.1 Å². The number of para-hydroxylation sites is 1. The molecular formula is C23H24N4O3. The van der Waals surface area contributed by atoms with Crippen LogP contribution in [-0.4, -0.2) is 52.3 Å². The van der Waals surface area contributed by atoms with E-state index < -0.39 is 12.1 Å². The summed E-state index contributed by atoms with van der Waals surface area (Å²) in [5, 5.41) is 3.74. The molecule has 0 unspecified atom stereocenters. The molecule has 0 radical (unpaired) electrons. The van der Waals surface area contributed by atoms with Crippen LogP contribution in [0.5, 0.6) is 0 Å². The van der Waals surface area contributed by atoms with Crippen molar-refractivity contribution in [3.8, 4) is 0 Å². The molecule has 0 aliphatic carbocycles. The molecule has 30 heavy (non-hydrogen) atoms. The number of nitrogens with zero attached hydrogens (tertiary/aromatic N) is 2. The van der Waals surface area contributed by atoms with Crippen molar-refractivity contribution in [3.63, 3.8) is 0 Å². The van der Waals surface area contributed by atoms with E-state index in [-0.39, 0.29) is 24.8 Å². The zero-order chi connectivity index (χ0) is 21.1. The van der Waals surface area contributed by atoms with E-state index in [0.29, 0.717) is 13.0 Å². The molecule has 1 aromatic heterocycles. The van der Waals surface area contributed by atoms with Gasteiger partial charge in [0.2, 0.25) is 5.91 Å². The van der Waals surface area contributed by atoms with Crippen LogP contribution in [0.4, 0.5) is 4.79 Å². The largest absolute Gasteiger partial charge is 0.361 e. The van der Waals surface area contributed by atoms with Crippen LogP contribution in [0.2, 0.25) is 0 Å². The second kappa shape index (κ2) is 8.41. The van der Waals surface area contributed by atoms with Crippen LogP contribution in [0.1, 0.15) is 17.5 Å². The SMILES string of the molecule is CN(Cc1ccccc1)C(=O)C[C@H]1NC(=O)N(CCc2c[nH]c3ccccc23)C1=O. The van der Waals surface area contributed by atoms with Crippen LogP contribution in [0.25, 0.3) is 10.9 Å². The van der Waals surface area contributed by atoms with Crippen molar-refractivity contribution in [2.75, 3.05) is 13.6 Å². The van der Waals surface area contributed by atoms with Gasteiger partial charge < -0.3 is 15.2 Å². The van der Waals surface area contributed by atoms with Gasteiger partial charge in [0.15, 0.2) is 0 Å². The Bertz CT molecular complexity index is 1080. The normalized spacial score (nSPS) is 16.2. The minimum absolute atomic E-state index is 0.0442. The summed E-state index contributed by atoms with van der Waals surface area (Å²) in [5.41, 5.74) is 3.08. The lowest BCUT2D eigenvalue weighted by Crippen LogP contribution is -2.37. The molecule has 154 valence electrons. The maximum Gasteiger partial charge on any atom is 0.324 e. The van der Waals surface area contributed by atoms with Crippen LogP contribution in [-0.2, 0) is 22.6 Å². The van der Waals surface area contributed by atoms with Gasteiger partial charge in [-0.25, -0.2) is 4.79 Å². The number of fused-ring (bicyclic) bond motifs is 1. The van der Waals surface area contributed by atoms with Gasteiger partial charge in [-0.3, -0.25) is 14.5 Å². The van der Waals surface area contributed by atoms with E-state index in [1.54, 1.807) is 11.9 Å². The summed E-state index contributed by atoms with van der Waals surface area (Å²) in [7, 11) is 1.70. The van der Waals surface area contributed by atoms with Gasteiger partial charge in [-0.05, 0) is 23.6 Å². The maximum atomic E-state index is 12.7. The topological polar surface area (TPSA) is 85.5 Å². The van der Waals surface area contributed by atoms with E-state index in [1.165, 1.54) is 4.90 Å². The van der Waals surface area contributed by atoms with Crippen molar-refractivity contribution in [1.29, 1.82) is 0 Å². The molecule has 2 N–H and O–H groups in total. The molecule has 1 aliphatic heterocycles. The summed E-state index contributed by atoms with van der Waals surface area (Å²) < 4.78 is 0. The molecule has 1 aliphatic rings. The summed E-state index contributed by atoms with van der Waals surface area (Å²) in [4.78, 5) is 43.6. The summed E-state index contributed by atoms with van der Waals surface area (Å²) in [6.45, 7) is 0.732. The Morgan fingerprint density at radius 1 is 1.07 bits per heavy atom. The van der Waals surface area contributed by atoms with Gasteiger partial charge in [0.05, 0.1) is 6.42 Å². The third-order valence-corrected chi connectivity index (χ3v) is 5.45. The molecule has 4 rings (SSSR count). The highest BCUT2D eigenvalue weighted by Gasteiger charge is 2.39. The number of urea groups is 1. The highest BCUT2D eigenvalue weighted by molar-refractivity contribution is 6.05. The van der Waals surface area contributed by atoms with Crippen LogP contribution < -0.4 is 5.32 Å². The number of benzene rings is 2. The van der Waals surface area contributed by atoms with Crippen LogP contribution in [0.15, 0.2) is 60.8 Å². The van der Waals surface area contributed by atoms with Gasteiger partial charge in [-0.2, -0.15) is 0 Å². The fourth-order valence-electron chi connectivity index (χ4n) is 3.77. The monoisotopic (exact) mass is 404 g/mol. The van der Waals surface area contributed by atoms with Gasteiger partial charge in [0.1, 0.15) is 6.04 Å². The minimum Gasteiger partial charge on any atom is -0.361 e. The number of carbonyl (C=O) groups is 3. The lowest BCUT2D eigenvalue weighted by atomic mass is 10.1. The van der Waals surface area contributed by atoms with Gasteiger partial charge in [0, 0.05) is 37.2 Å². The van der Waals surface area contributed by atoms with Crippen LogP contribution in [0, 0.1) is 0 Å². The lowest BCUT2D eigenvalue weighted by molar-refractivity contribution is -0.135. The molecule has 1 fully saturated rings. The highest BCUT2D eigenvalue weighted by Crippen LogP contribution is 2.19. The summed E-state index contributed by atoms with van der Waals surface area (Å²) in [6.07, 6.45) is 2.41. The van der Waals surface area contributed by atoms with E-state index >= 15 is 0 Å². The first-order valence-corrected chi connectivity index (χ1v) is 9.97. The first-order chi connectivity index (χ1) is 14.5. The summed E-state index contributed by atoms with van der Waals surface area (Å²) >= 11 is 0. The van der Waals surface area contributed by atoms with Crippen molar-refractivity contribution in [3.05, 3.63) is 71.9 Å². The molecule has 1 atom stereocenters. The molecular weight excluding hydrogens is 380 g/mol.